The van der Waals surface area contributed by atoms with Gasteiger partial charge in [-0.05, 0) is 30.7 Å². The summed E-state index contributed by atoms with van der Waals surface area (Å²) >= 11 is 1.48. The average Bonchev–Trinajstić information content (AvgIpc) is 2.53. The summed E-state index contributed by atoms with van der Waals surface area (Å²) in [4.78, 5) is 29.8. The second-order valence-corrected chi connectivity index (χ2v) is 7.65. The van der Waals surface area contributed by atoms with Crippen LogP contribution in [-0.4, -0.2) is 33.4 Å². The van der Waals surface area contributed by atoms with Gasteiger partial charge in [-0.2, -0.15) is 0 Å². The first-order valence-corrected chi connectivity index (χ1v) is 8.95. The van der Waals surface area contributed by atoms with Crippen molar-refractivity contribution in [2.24, 2.45) is 0 Å². The molecule has 2 rings (SSSR count). The number of aromatic carboxylic acids is 1. The molecule has 2 aromatic rings. The summed E-state index contributed by atoms with van der Waals surface area (Å²) in [6.45, 7) is 6.56. The molecule has 6 nitrogen and oxygen atoms in total. The lowest BCUT2D eigenvalue weighted by atomic mass is 9.92. The molecule has 1 heterocycles. The number of carbonyl (C=O) groups is 1. The number of thioether (sulfide) groups is 1. The SMILES string of the molecule is CC(C)(C)c1cc(=O)[nH]c(SCCCOc2ccc(C(=O)O)cc2)n1. The number of H-pyrrole nitrogens is 1. The van der Waals surface area contributed by atoms with Crippen molar-refractivity contribution in [2.45, 2.75) is 37.8 Å². The fourth-order valence-corrected chi connectivity index (χ4v) is 2.79. The molecule has 2 N–H and O–H groups in total. The van der Waals surface area contributed by atoms with Gasteiger partial charge in [0.2, 0.25) is 0 Å². The molecule has 0 aliphatic carbocycles. The third-order valence-corrected chi connectivity index (χ3v) is 4.35. The van der Waals surface area contributed by atoms with Crippen LogP contribution in [0.4, 0.5) is 0 Å². The van der Waals surface area contributed by atoms with Gasteiger partial charge in [0.1, 0.15) is 5.75 Å². The van der Waals surface area contributed by atoms with Crippen LogP contribution in [0.1, 0.15) is 43.2 Å². The zero-order valence-corrected chi connectivity index (χ0v) is 15.4. The van der Waals surface area contributed by atoms with Gasteiger partial charge in [0, 0.05) is 17.2 Å². The lowest BCUT2D eigenvalue weighted by Crippen LogP contribution is -2.19. The van der Waals surface area contributed by atoms with E-state index in [0.29, 0.717) is 17.5 Å². The maximum atomic E-state index is 11.7. The second-order valence-electron chi connectivity index (χ2n) is 6.57. The lowest BCUT2D eigenvalue weighted by Gasteiger charge is -2.17. The Morgan fingerprint density at radius 1 is 1.28 bits per heavy atom. The molecule has 0 amide bonds. The summed E-state index contributed by atoms with van der Waals surface area (Å²) in [5.74, 6) is 0.433. The number of ether oxygens (including phenoxy) is 1. The van der Waals surface area contributed by atoms with Gasteiger partial charge in [-0.25, -0.2) is 9.78 Å². The van der Waals surface area contributed by atoms with Crippen LogP contribution in [0.25, 0.3) is 0 Å². The van der Waals surface area contributed by atoms with E-state index in [1.54, 1.807) is 12.1 Å². The van der Waals surface area contributed by atoms with Crippen LogP contribution < -0.4 is 10.3 Å². The summed E-state index contributed by atoms with van der Waals surface area (Å²) in [6, 6.07) is 7.84. The van der Waals surface area contributed by atoms with E-state index in [4.69, 9.17) is 9.84 Å². The van der Waals surface area contributed by atoms with E-state index in [1.807, 2.05) is 20.8 Å². The van der Waals surface area contributed by atoms with Crippen LogP contribution in [-0.2, 0) is 5.41 Å². The van der Waals surface area contributed by atoms with Gasteiger partial charge in [0.05, 0.1) is 17.9 Å². The number of aromatic amines is 1. The zero-order valence-electron chi connectivity index (χ0n) is 14.5. The van der Waals surface area contributed by atoms with Gasteiger partial charge in [-0.15, -0.1) is 0 Å². The number of carboxylic acid groups (broad SMARTS) is 1. The van der Waals surface area contributed by atoms with Crippen molar-refractivity contribution >= 4 is 17.7 Å². The maximum Gasteiger partial charge on any atom is 0.335 e. The summed E-state index contributed by atoms with van der Waals surface area (Å²) in [6.07, 6.45) is 0.773. The number of nitrogens with zero attached hydrogens (tertiary/aromatic N) is 1. The highest BCUT2D eigenvalue weighted by Crippen LogP contribution is 2.21. The Hall–Kier alpha value is -2.28. The van der Waals surface area contributed by atoms with Gasteiger partial charge < -0.3 is 14.8 Å². The summed E-state index contributed by atoms with van der Waals surface area (Å²) in [5, 5.41) is 9.46. The van der Waals surface area contributed by atoms with Crippen molar-refractivity contribution in [1.29, 1.82) is 0 Å². The minimum absolute atomic E-state index is 0.141. The second kappa shape index (κ2) is 8.20. The Morgan fingerprint density at radius 2 is 1.96 bits per heavy atom. The van der Waals surface area contributed by atoms with Crippen LogP contribution in [0, 0.1) is 0 Å². The molecule has 0 radical (unpaired) electrons. The third-order valence-electron chi connectivity index (χ3n) is 3.39. The Bertz CT molecular complexity index is 779. The van der Waals surface area contributed by atoms with E-state index in [1.165, 1.54) is 30.0 Å². The largest absolute Gasteiger partial charge is 0.494 e. The number of carboxylic acids is 1. The smallest absolute Gasteiger partial charge is 0.335 e. The topological polar surface area (TPSA) is 92.3 Å². The van der Waals surface area contributed by atoms with Crippen LogP contribution >= 0.6 is 11.8 Å². The molecule has 1 aromatic heterocycles. The quantitative estimate of drug-likeness (QED) is 0.446. The van der Waals surface area contributed by atoms with Crippen LogP contribution in [0.3, 0.4) is 0 Å². The Kier molecular flexibility index (Phi) is 6.25. The van der Waals surface area contributed by atoms with E-state index in [2.05, 4.69) is 9.97 Å². The van der Waals surface area contributed by atoms with Crippen molar-refractivity contribution in [3.8, 4) is 5.75 Å². The summed E-state index contributed by atoms with van der Waals surface area (Å²) < 4.78 is 5.58. The molecule has 1 aromatic carbocycles. The highest BCUT2D eigenvalue weighted by Gasteiger charge is 2.17. The standard InChI is InChI=1S/C18H22N2O4S/c1-18(2,3)14-11-15(21)20-17(19-14)25-10-4-9-24-13-7-5-12(6-8-13)16(22)23/h5-8,11H,4,9-10H2,1-3H3,(H,22,23)(H,19,20,21). The molecule has 0 fully saturated rings. The third kappa shape index (κ3) is 5.94. The first-order chi connectivity index (χ1) is 11.8. The zero-order chi connectivity index (χ0) is 18.4. The van der Waals surface area contributed by atoms with Crippen molar-refractivity contribution in [3.05, 3.63) is 51.9 Å². The molecule has 0 saturated heterocycles. The first kappa shape index (κ1) is 19.1. The van der Waals surface area contributed by atoms with Crippen molar-refractivity contribution in [3.63, 3.8) is 0 Å². The Morgan fingerprint density at radius 3 is 2.56 bits per heavy atom. The normalized spacial score (nSPS) is 11.3. The van der Waals surface area contributed by atoms with E-state index in [9.17, 15) is 9.59 Å². The molecule has 0 bridgehead atoms. The number of nitrogens with one attached hydrogen (secondary N) is 1. The molecule has 0 spiro atoms. The summed E-state index contributed by atoms with van der Waals surface area (Å²) in [7, 11) is 0. The summed E-state index contributed by atoms with van der Waals surface area (Å²) in [5.41, 5.74) is 0.691. The highest BCUT2D eigenvalue weighted by molar-refractivity contribution is 7.99. The lowest BCUT2D eigenvalue weighted by molar-refractivity contribution is 0.0697. The van der Waals surface area contributed by atoms with Gasteiger partial charge in [0.25, 0.3) is 5.56 Å². The van der Waals surface area contributed by atoms with E-state index < -0.39 is 5.97 Å². The fourth-order valence-electron chi connectivity index (χ4n) is 2.00. The predicted molar refractivity (Wildman–Crippen MR) is 97.8 cm³/mol. The molecule has 0 aliphatic heterocycles. The van der Waals surface area contributed by atoms with Gasteiger partial charge in [-0.1, -0.05) is 32.5 Å². The van der Waals surface area contributed by atoms with Crippen molar-refractivity contribution < 1.29 is 14.6 Å². The van der Waals surface area contributed by atoms with Crippen LogP contribution in [0.15, 0.2) is 40.3 Å². The van der Waals surface area contributed by atoms with Crippen molar-refractivity contribution in [1.82, 2.24) is 9.97 Å². The molecule has 0 aliphatic rings. The van der Waals surface area contributed by atoms with Crippen LogP contribution in [0.5, 0.6) is 5.75 Å². The number of hydrogen-bond acceptors (Lipinski definition) is 5. The fraction of sp³-hybridized carbons (Fsp3) is 0.389. The monoisotopic (exact) mass is 362 g/mol. The minimum atomic E-state index is -0.957. The highest BCUT2D eigenvalue weighted by atomic mass is 32.2. The van der Waals surface area contributed by atoms with E-state index in [-0.39, 0.29) is 16.5 Å². The molecule has 25 heavy (non-hydrogen) atoms. The Labute approximate surface area is 150 Å². The molecule has 7 heteroatoms. The van der Waals surface area contributed by atoms with Crippen molar-refractivity contribution in [2.75, 3.05) is 12.4 Å². The average molecular weight is 362 g/mol. The van der Waals surface area contributed by atoms with Gasteiger partial charge in [-0.3, -0.25) is 4.79 Å². The molecule has 0 saturated carbocycles. The number of hydrogen-bond donors (Lipinski definition) is 2. The first-order valence-electron chi connectivity index (χ1n) is 7.96. The van der Waals surface area contributed by atoms with Crippen LogP contribution in [0.2, 0.25) is 0 Å². The molecule has 0 unspecified atom stereocenters. The van der Waals surface area contributed by atoms with Gasteiger partial charge >= 0.3 is 5.97 Å². The number of aromatic nitrogens is 2. The number of rotatable bonds is 7. The number of benzene rings is 1. The maximum absolute atomic E-state index is 11.7. The molecule has 134 valence electrons. The predicted octanol–water partition coefficient (Wildman–Crippen LogP) is 3.33. The molecule has 0 atom stereocenters. The van der Waals surface area contributed by atoms with Gasteiger partial charge in [0.15, 0.2) is 5.16 Å². The molecular formula is C18H22N2O4S. The van der Waals surface area contributed by atoms with E-state index in [0.717, 1.165) is 17.9 Å². The minimum Gasteiger partial charge on any atom is -0.494 e. The Balaban J connectivity index is 1.80. The molecular weight excluding hydrogens is 340 g/mol. The van der Waals surface area contributed by atoms with E-state index >= 15 is 0 Å².